The van der Waals surface area contributed by atoms with E-state index in [1.165, 1.54) is 21.9 Å². The second-order valence-electron chi connectivity index (χ2n) is 11.0. The summed E-state index contributed by atoms with van der Waals surface area (Å²) in [5.74, 6) is 0. The van der Waals surface area contributed by atoms with E-state index >= 15 is 0 Å². The number of nitrogens with zero attached hydrogens (tertiary/aromatic N) is 3. The molecular formula is C41H31N3O. The van der Waals surface area contributed by atoms with Gasteiger partial charge in [0.05, 0.1) is 0 Å². The maximum absolute atomic E-state index is 11.0. The van der Waals surface area contributed by atoms with Crippen molar-refractivity contribution in [1.82, 2.24) is 0 Å². The first-order valence-corrected chi connectivity index (χ1v) is 15.0. The van der Waals surface area contributed by atoms with Crippen LogP contribution >= 0.6 is 0 Å². The zero-order valence-electron chi connectivity index (χ0n) is 24.9. The van der Waals surface area contributed by atoms with E-state index < -0.39 is 0 Å². The van der Waals surface area contributed by atoms with E-state index in [1.54, 1.807) is 12.1 Å². The van der Waals surface area contributed by atoms with Gasteiger partial charge in [-0.3, -0.25) is 0 Å². The fourth-order valence-electron chi connectivity index (χ4n) is 5.78. The fourth-order valence-corrected chi connectivity index (χ4v) is 5.78. The molecule has 0 spiro atoms. The monoisotopic (exact) mass is 581 g/mol. The Bertz CT molecular complexity index is 2070. The highest BCUT2D eigenvalue weighted by Gasteiger charge is 2.14. The Morgan fingerprint density at radius 3 is 1.51 bits per heavy atom. The van der Waals surface area contributed by atoms with Crippen LogP contribution < -0.4 is 9.80 Å². The number of benzene rings is 7. The van der Waals surface area contributed by atoms with Crippen LogP contribution in [0.2, 0.25) is 0 Å². The molecule has 0 unspecified atom stereocenters. The standard InChI is InChI=1S/C41H31N3O/c1-43(40-13-7-12-36(29-40)42-45)37-21-14-33(15-22-37)34-18-25-39(26-19-34)44(41-27-20-31-10-5-6-11-35(31)28-41)38-23-16-32(17-24-38)30-8-3-2-4-9-30/h2-29H,1H3. The Morgan fingerprint density at radius 2 is 0.911 bits per heavy atom. The smallest absolute Gasteiger partial charge is 0.110 e. The number of nitroso groups, excluding NO2 is 1. The van der Waals surface area contributed by atoms with E-state index in [0.29, 0.717) is 5.69 Å². The van der Waals surface area contributed by atoms with Crippen molar-refractivity contribution in [2.75, 3.05) is 16.8 Å². The maximum Gasteiger partial charge on any atom is 0.110 e. The molecule has 0 aromatic heterocycles. The molecule has 0 amide bonds. The van der Waals surface area contributed by atoms with Gasteiger partial charge in [0, 0.05) is 35.5 Å². The van der Waals surface area contributed by atoms with Gasteiger partial charge in [0.15, 0.2) is 0 Å². The second-order valence-corrected chi connectivity index (χ2v) is 11.0. The summed E-state index contributed by atoms with van der Waals surface area (Å²) in [6, 6.07) is 58.9. The lowest BCUT2D eigenvalue weighted by molar-refractivity contribution is 1.21. The third kappa shape index (κ3) is 5.82. The zero-order chi connectivity index (χ0) is 30.6. The van der Waals surface area contributed by atoms with E-state index in [1.807, 2.05) is 30.1 Å². The van der Waals surface area contributed by atoms with Gasteiger partial charge in [0.25, 0.3) is 0 Å². The van der Waals surface area contributed by atoms with Crippen molar-refractivity contribution < 1.29 is 0 Å². The minimum atomic E-state index is 0.418. The maximum atomic E-state index is 11.0. The van der Waals surface area contributed by atoms with Gasteiger partial charge in [-0.05, 0) is 105 Å². The van der Waals surface area contributed by atoms with Crippen LogP contribution in [0.3, 0.4) is 0 Å². The highest BCUT2D eigenvalue weighted by molar-refractivity contribution is 5.89. The third-order valence-electron chi connectivity index (χ3n) is 8.26. The Labute approximate surface area is 263 Å². The Hall–Kier alpha value is -6.00. The lowest BCUT2D eigenvalue weighted by atomic mass is 10.0. The van der Waals surface area contributed by atoms with Crippen LogP contribution in [0.5, 0.6) is 0 Å². The molecule has 45 heavy (non-hydrogen) atoms. The average Bonchev–Trinajstić information content (AvgIpc) is 3.12. The van der Waals surface area contributed by atoms with Gasteiger partial charge in [-0.15, -0.1) is 4.91 Å². The van der Waals surface area contributed by atoms with Gasteiger partial charge in [0.1, 0.15) is 5.69 Å². The molecule has 0 saturated heterocycles. The lowest BCUT2D eigenvalue weighted by Crippen LogP contribution is -2.10. The van der Waals surface area contributed by atoms with Crippen molar-refractivity contribution in [1.29, 1.82) is 0 Å². The topological polar surface area (TPSA) is 35.9 Å². The highest BCUT2D eigenvalue weighted by Crippen LogP contribution is 2.38. The molecule has 0 aliphatic heterocycles. The number of hydrogen-bond donors (Lipinski definition) is 0. The number of hydrogen-bond acceptors (Lipinski definition) is 4. The molecule has 7 aromatic carbocycles. The molecule has 0 N–H and O–H groups in total. The normalized spacial score (nSPS) is 10.9. The van der Waals surface area contributed by atoms with Crippen molar-refractivity contribution in [2.45, 2.75) is 0 Å². The van der Waals surface area contributed by atoms with Crippen molar-refractivity contribution in [3.05, 3.63) is 175 Å². The third-order valence-corrected chi connectivity index (χ3v) is 8.26. The predicted octanol–water partition coefficient (Wildman–Crippen LogP) is 11.8. The largest absolute Gasteiger partial charge is 0.345 e. The Kier molecular flexibility index (Phi) is 7.61. The summed E-state index contributed by atoms with van der Waals surface area (Å²) in [5.41, 5.74) is 10.3. The molecule has 4 heteroatoms. The minimum Gasteiger partial charge on any atom is -0.345 e. The van der Waals surface area contributed by atoms with E-state index in [4.69, 9.17) is 0 Å². The van der Waals surface area contributed by atoms with Crippen LogP contribution in [-0.4, -0.2) is 7.05 Å². The van der Waals surface area contributed by atoms with Gasteiger partial charge >= 0.3 is 0 Å². The van der Waals surface area contributed by atoms with Gasteiger partial charge in [-0.2, -0.15) is 0 Å². The quantitative estimate of drug-likeness (QED) is 0.167. The molecule has 216 valence electrons. The molecule has 0 atom stereocenters. The molecule has 0 heterocycles. The molecule has 7 aromatic rings. The van der Waals surface area contributed by atoms with Crippen LogP contribution in [0, 0.1) is 4.91 Å². The fraction of sp³-hybridized carbons (Fsp3) is 0.0244. The molecule has 4 nitrogen and oxygen atoms in total. The molecular weight excluding hydrogens is 550 g/mol. The number of anilines is 5. The van der Waals surface area contributed by atoms with Crippen molar-refractivity contribution in [3.8, 4) is 22.3 Å². The Morgan fingerprint density at radius 1 is 0.400 bits per heavy atom. The summed E-state index contributed by atoms with van der Waals surface area (Å²) < 4.78 is 0. The van der Waals surface area contributed by atoms with Gasteiger partial charge < -0.3 is 9.80 Å². The van der Waals surface area contributed by atoms with Crippen LogP contribution in [0.1, 0.15) is 0 Å². The van der Waals surface area contributed by atoms with Crippen LogP contribution in [0.25, 0.3) is 33.0 Å². The molecule has 0 saturated carbocycles. The summed E-state index contributed by atoms with van der Waals surface area (Å²) in [6.45, 7) is 0. The first-order chi connectivity index (χ1) is 22.2. The summed E-state index contributed by atoms with van der Waals surface area (Å²) >= 11 is 0. The van der Waals surface area contributed by atoms with Gasteiger partial charge in [0.2, 0.25) is 0 Å². The van der Waals surface area contributed by atoms with E-state index in [9.17, 15) is 4.91 Å². The summed E-state index contributed by atoms with van der Waals surface area (Å²) in [6.07, 6.45) is 0. The number of fused-ring (bicyclic) bond motifs is 1. The minimum absolute atomic E-state index is 0.418. The van der Waals surface area contributed by atoms with Crippen LogP contribution in [0.4, 0.5) is 34.1 Å². The molecule has 0 aliphatic rings. The van der Waals surface area contributed by atoms with E-state index in [-0.39, 0.29) is 0 Å². The van der Waals surface area contributed by atoms with Gasteiger partial charge in [-0.1, -0.05) is 103 Å². The van der Waals surface area contributed by atoms with E-state index in [2.05, 4.69) is 150 Å². The van der Waals surface area contributed by atoms with E-state index in [0.717, 1.165) is 39.6 Å². The molecule has 0 radical (unpaired) electrons. The van der Waals surface area contributed by atoms with Gasteiger partial charge in [-0.25, -0.2) is 0 Å². The molecule has 0 bridgehead atoms. The number of rotatable bonds is 8. The lowest BCUT2D eigenvalue weighted by Gasteiger charge is -2.26. The molecule has 7 rings (SSSR count). The SMILES string of the molecule is CN(c1ccc(-c2ccc(N(c3ccc(-c4ccccc4)cc3)c3ccc4ccccc4c3)cc2)cc1)c1cccc(N=O)c1. The van der Waals surface area contributed by atoms with Crippen LogP contribution in [0.15, 0.2) is 175 Å². The first-order valence-electron chi connectivity index (χ1n) is 15.0. The molecule has 0 aliphatic carbocycles. The summed E-state index contributed by atoms with van der Waals surface area (Å²) in [4.78, 5) is 15.4. The summed E-state index contributed by atoms with van der Waals surface area (Å²) in [5, 5.41) is 5.49. The zero-order valence-corrected chi connectivity index (χ0v) is 24.9. The molecule has 0 fully saturated rings. The van der Waals surface area contributed by atoms with Crippen LogP contribution in [-0.2, 0) is 0 Å². The second kappa shape index (κ2) is 12.3. The predicted molar refractivity (Wildman–Crippen MR) is 189 cm³/mol. The van der Waals surface area contributed by atoms with Crippen molar-refractivity contribution in [3.63, 3.8) is 0 Å². The van der Waals surface area contributed by atoms with Crippen molar-refractivity contribution >= 4 is 44.9 Å². The highest BCUT2D eigenvalue weighted by atomic mass is 16.3. The average molecular weight is 582 g/mol. The first kappa shape index (κ1) is 27.8. The van der Waals surface area contributed by atoms with Crippen molar-refractivity contribution in [2.24, 2.45) is 5.18 Å². The summed E-state index contributed by atoms with van der Waals surface area (Å²) in [7, 11) is 1.99. The Balaban J connectivity index is 1.20.